The van der Waals surface area contributed by atoms with Crippen LogP contribution in [0.15, 0.2) is 33.9 Å². The van der Waals surface area contributed by atoms with Gasteiger partial charge in [-0.2, -0.15) is 0 Å². The molecule has 0 fully saturated rings. The predicted molar refractivity (Wildman–Crippen MR) is 82.0 cm³/mol. The van der Waals surface area contributed by atoms with Crippen molar-refractivity contribution in [1.82, 2.24) is 14.3 Å². The summed E-state index contributed by atoms with van der Waals surface area (Å²) in [7, 11) is -1.91. The maximum absolute atomic E-state index is 12.4. The maximum atomic E-state index is 12.4. The van der Waals surface area contributed by atoms with Gasteiger partial charge in [0.15, 0.2) is 0 Å². The predicted octanol–water partition coefficient (Wildman–Crippen LogP) is 1.46. The summed E-state index contributed by atoms with van der Waals surface area (Å²) in [6.45, 7) is 1.66. The zero-order chi connectivity index (χ0) is 15.6. The van der Waals surface area contributed by atoms with Gasteiger partial charge >= 0.3 is 0 Å². The highest BCUT2D eigenvalue weighted by atomic mass is 79.9. The van der Waals surface area contributed by atoms with Gasteiger partial charge in [0.25, 0.3) is 0 Å². The number of nitrogens with one attached hydrogen (secondary N) is 1. The first-order chi connectivity index (χ1) is 9.85. The average molecular weight is 374 g/mol. The smallest absolute Gasteiger partial charge is 0.242 e. The van der Waals surface area contributed by atoms with Crippen LogP contribution in [0.1, 0.15) is 17.0 Å². The molecule has 0 atom stereocenters. The summed E-state index contributed by atoms with van der Waals surface area (Å²) < 4.78 is 29.6. The number of nitrogens with zero attached hydrogens (tertiary/aromatic N) is 2. The van der Waals surface area contributed by atoms with Crippen molar-refractivity contribution < 1.29 is 13.5 Å². The molecule has 8 heteroatoms. The molecule has 2 aromatic rings. The van der Waals surface area contributed by atoms with Gasteiger partial charge in [0.05, 0.1) is 18.0 Å². The molecule has 1 aromatic heterocycles. The minimum absolute atomic E-state index is 0.0979. The first kappa shape index (κ1) is 16.2. The summed E-state index contributed by atoms with van der Waals surface area (Å²) in [5.74, 6) is 0.615. The molecule has 0 bridgehead atoms. The van der Waals surface area contributed by atoms with Crippen molar-refractivity contribution in [3.63, 3.8) is 0 Å². The second-order valence-electron chi connectivity index (χ2n) is 4.66. The van der Waals surface area contributed by atoms with Crippen LogP contribution >= 0.6 is 15.9 Å². The highest BCUT2D eigenvalue weighted by Gasteiger charge is 2.20. The van der Waals surface area contributed by atoms with Gasteiger partial charge in [-0.3, -0.25) is 0 Å². The van der Waals surface area contributed by atoms with Gasteiger partial charge in [-0.25, -0.2) is 18.1 Å². The third-order valence-electron chi connectivity index (χ3n) is 3.09. The van der Waals surface area contributed by atoms with E-state index in [0.717, 1.165) is 5.56 Å². The Bertz CT molecular complexity index is 756. The van der Waals surface area contributed by atoms with E-state index in [0.29, 0.717) is 15.9 Å². The van der Waals surface area contributed by atoms with E-state index in [2.05, 4.69) is 25.6 Å². The Morgan fingerprint density at radius 3 is 2.71 bits per heavy atom. The van der Waals surface area contributed by atoms with Crippen LogP contribution in [0.3, 0.4) is 0 Å². The van der Waals surface area contributed by atoms with Gasteiger partial charge < -0.3 is 9.67 Å². The lowest BCUT2D eigenvalue weighted by Gasteiger charge is -2.12. The number of hydrogen-bond acceptors (Lipinski definition) is 4. The molecule has 2 N–H and O–H groups in total. The highest BCUT2D eigenvalue weighted by Crippen LogP contribution is 2.27. The normalized spacial score (nSPS) is 11.8. The number of hydrogen-bond donors (Lipinski definition) is 2. The van der Waals surface area contributed by atoms with E-state index >= 15 is 0 Å². The standard InChI is InChI=1S/C13H16BrN3O3S/c1-9-5-10(8-18)6-11(13(9)14)21(19,20)16-7-12-15-3-4-17(12)2/h3-6,16,18H,7-8H2,1-2H3. The molecule has 0 radical (unpaired) electrons. The summed E-state index contributed by atoms with van der Waals surface area (Å²) in [6.07, 6.45) is 3.35. The minimum Gasteiger partial charge on any atom is -0.392 e. The number of rotatable bonds is 5. The molecule has 1 heterocycles. The minimum atomic E-state index is -3.70. The molecule has 0 aliphatic heterocycles. The van der Waals surface area contributed by atoms with Crippen LogP contribution in [0, 0.1) is 6.92 Å². The second-order valence-corrected chi connectivity index (χ2v) is 7.19. The van der Waals surface area contributed by atoms with Crippen LogP contribution < -0.4 is 4.72 Å². The Morgan fingerprint density at radius 1 is 1.43 bits per heavy atom. The molecule has 0 amide bonds. The van der Waals surface area contributed by atoms with Gasteiger partial charge in [-0.15, -0.1) is 0 Å². The van der Waals surface area contributed by atoms with Crippen LogP contribution in [0.25, 0.3) is 0 Å². The van der Waals surface area contributed by atoms with Crippen molar-refractivity contribution in [3.05, 3.63) is 46.0 Å². The number of sulfonamides is 1. The third kappa shape index (κ3) is 3.52. The van der Waals surface area contributed by atoms with E-state index in [1.807, 2.05) is 0 Å². The number of imidazole rings is 1. The molecule has 0 spiro atoms. The van der Waals surface area contributed by atoms with Gasteiger partial charge in [0.1, 0.15) is 5.82 Å². The molecule has 0 saturated heterocycles. The molecule has 2 rings (SSSR count). The van der Waals surface area contributed by atoms with Crippen molar-refractivity contribution in [2.75, 3.05) is 0 Å². The van der Waals surface area contributed by atoms with Crippen LogP contribution in [-0.2, 0) is 30.2 Å². The van der Waals surface area contributed by atoms with E-state index in [1.165, 1.54) is 6.07 Å². The third-order valence-corrected chi connectivity index (χ3v) is 5.83. The fourth-order valence-corrected chi connectivity index (χ4v) is 3.95. The van der Waals surface area contributed by atoms with Gasteiger partial charge in [0.2, 0.25) is 10.0 Å². The Labute approximate surface area is 132 Å². The summed E-state index contributed by atoms with van der Waals surface area (Å²) >= 11 is 3.29. The van der Waals surface area contributed by atoms with Crippen molar-refractivity contribution in [1.29, 1.82) is 0 Å². The number of aliphatic hydroxyl groups is 1. The summed E-state index contributed by atoms with van der Waals surface area (Å²) in [5, 5.41) is 9.22. The SMILES string of the molecule is Cc1cc(CO)cc(S(=O)(=O)NCc2nccn2C)c1Br. The molecule has 0 saturated carbocycles. The van der Waals surface area contributed by atoms with E-state index in [9.17, 15) is 13.5 Å². The number of aromatic nitrogens is 2. The largest absolute Gasteiger partial charge is 0.392 e. The Hall–Kier alpha value is -1.22. The van der Waals surface area contributed by atoms with Crippen LogP contribution in [-0.4, -0.2) is 23.1 Å². The lowest BCUT2D eigenvalue weighted by atomic mass is 10.1. The Morgan fingerprint density at radius 2 is 2.14 bits per heavy atom. The zero-order valence-corrected chi connectivity index (χ0v) is 14.1. The molecular formula is C13H16BrN3O3S. The molecule has 0 aliphatic rings. The van der Waals surface area contributed by atoms with Crippen molar-refractivity contribution >= 4 is 26.0 Å². The zero-order valence-electron chi connectivity index (χ0n) is 11.7. The first-order valence-electron chi connectivity index (χ1n) is 6.21. The molecule has 0 unspecified atom stereocenters. The molecule has 6 nitrogen and oxygen atoms in total. The van der Waals surface area contributed by atoms with E-state index in [4.69, 9.17) is 0 Å². The number of benzene rings is 1. The molecule has 114 valence electrons. The fourth-order valence-electron chi connectivity index (χ4n) is 1.90. The lowest BCUT2D eigenvalue weighted by Crippen LogP contribution is -2.25. The number of aliphatic hydroxyl groups excluding tert-OH is 1. The van der Waals surface area contributed by atoms with E-state index in [-0.39, 0.29) is 18.0 Å². The van der Waals surface area contributed by atoms with Gasteiger partial charge in [-0.05, 0) is 40.0 Å². The highest BCUT2D eigenvalue weighted by molar-refractivity contribution is 9.10. The first-order valence-corrected chi connectivity index (χ1v) is 8.48. The lowest BCUT2D eigenvalue weighted by molar-refractivity contribution is 0.281. The number of aryl methyl sites for hydroxylation is 2. The van der Waals surface area contributed by atoms with Crippen molar-refractivity contribution in [2.24, 2.45) is 7.05 Å². The van der Waals surface area contributed by atoms with E-state index < -0.39 is 10.0 Å². The van der Waals surface area contributed by atoms with Crippen molar-refractivity contribution in [3.8, 4) is 0 Å². The van der Waals surface area contributed by atoms with Crippen LogP contribution in [0.2, 0.25) is 0 Å². The average Bonchev–Trinajstić information content (AvgIpc) is 2.84. The van der Waals surface area contributed by atoms with Gasteiger partial charge in [0, 0.05) is 23.9 Å². The monoisotopic (exact) mass is 373 g/mol. The van der Waals surface area contributed by atoms with Gasteiger partial charge in [-0.1, -0.05) is 6.07 Å². The van der Waals surface area contributed by atoms with E-state index in [1.54, 1.807) is 37.0 Å². The summed E-state index contributed by atoms with van der Waals surface area (Å²) in [4.78, 5) is 4.18. The summed E-state index contributed by atoms with van der Waals surface area (Å²) in [6, 6.07) is 3.19. The Kier molecular flexibility index (Phi) is 4.82. The second kappa shape index (κ2) is 6.27. The fraction of sp³-hybridized carbons (Fsp3) is 0.308. The van der Waals surface area contributed by atoms with Crippen LogP contribution in [0.5, 0.6) is 0 Å². The molecule has 0 aliphatic carbocycles. The Balaban J connectivity index is 2.31. The maximum Gasteiger partial charge on any atom is 0.242 e. The quantitative estimate of drug-likeness (QED) is 0.830. The molecule has 1 aromatic carbocycles. The molecular weight excluding hydrogens is 358 g/mol. The van der Waals surface area contributed by atoms with Crippen molar-refractivity contribution in [2.45, 2.75) is 25.0 Å². The number of halogens is 1. The van der Waals surface area contributed by atoms with Crippen LogP contribution in [0.4, 0.5) is 0 Å². The summed E-state index contributed by atoms with van der Waals surface area (Å²) in [5.41, 5.74) is 1.30. The molecule has 21 heavy (non-hydrogen) atoms. The topological polar surface area (TPSA) is 84.2 Å².